The summed E-state index contributed by atoms with van der Waals surface area (Å²) in [6.45, 7) is 10.0. The first-order valence-corrected chi connectivity index (χ1v) is 6.89. The van der Waals surface area contributed by atoms with Gasteiger partial charge in [-0.2, -0.15) is 0 Å². The first-order valence-electron chi connectivity index (χ1n) is 6.89. The molecule has 0 spiro atoms. The summed E-state index contributed by atoms with van der Waals surface area (Å²) in [5, 5.41) is 3.46. The number of benzene rings is 1. The highest BCUT2D eigenvalue weighted by atomic mass is 14.9. The van der Waals surface area contributed by atoms with E-state index in [1.807, 2.05) is 0 Å². The molecule has 0 aromatic heterocycles. The molecule has 0 saturated carbocycles. The zero-order valence-corrected chi connectivity index (χ0v) is 11.8. The molecule has 0 radical (unpaired) electrons. The zero-order chi connectivity index (χ0) is 12.7. The lowest BCUT2D eigenvalue weighted by atomic mass is 10.0. The Labute approximate surface area is 107 Å². The molecule has 0 aliphatic rings. The van der Waals surface area contributed by atoms with E-state index in [0.29, 0.717) is 6.04 Å². The van der Waals surface area contributed by atoms with Gasteiger partial charge in [0.2, 0.25) is 0 Å². The molecule has 0 atom stereocenters. The highest BCUT2D eigenvalue weighted by Crippen LogP contribution is 2.11. The molecule has 0 aliphatic carbocycles. The molecule has 1 aromatic rings. The summed E-state index contributed by atoms with van der Waals surface area (Å²) in [5.41, 5.74) is 2.94. The molecule has 96 valence electrons. The largest absolute Gasteiger partial charge is 0.314 e. The van der Waals surface area contributed by atoms with Gasteiger partial charge in [-0.15, -0.1) is 0 Å². The first-order chi connectivity index (χ1) is 8.08. The fourth-order valence-corrected chi connectivity index (χ4v) is 1.90. The lowest BCUT2D eigenvalue weighted by molar-refractivity contribution is 0.584. The van der Waals surface area contributed by atoms with E-state index >= 15 is 0 Å². The first kappa shape index (κ1) is 14.2. The summed E-state index contributed by atoms with van der Waals surface area (Å²) < 4.78 is 0. The molecule has 0 bridgehead atoms. The van der Waals surface area contributed by atoms with E-state index in [0.717, 1.165) is 18.9 Å². The monoisotopic (exact) mass is 233 g/mol. The van der Waals surface area contributed by atoms with Crippen molar-refractivity contribution in [1.29, 1.82) is 0 Å². The van der Waals surface area contributed by atoms with Gasteiger partial charge in [0.25, 0.3) is 0 Å². The topological polar surface area (TPSA) is 12.0 Å². The van der Waals surface area contributed by atoms with E-state index in [2.05, 4.69) is 57.3 Å². The van der Waals surface area contributed by atoms with Crippen LogP contribution in [0.25, 0.3) is 0 Å². The van der Waals surface area contributed by atoms with Crippen molar-refractivity contribution >= 4 is 0 Å². The second-order valence-corrected chi connectivity index (χ2v) is 5.61. The molecule has 0 aliphatic heterocycles. The van der Waals surface area contributed by atoms with Gasteiger partial charge in [-0.1, -0.05) is 52.0 Å². The van der Waals surface area contributed by atoms with E-state index in [-0.39, 0.29) is 0 Å². The van der Waals surface area contributed by atoms with Gasteiger partial charge in [0, 0.05) is 6.04 Å². The van der Waals surface area contributed by atoms with Crippen molar-refractivity contribution < 1.29 is 0 Å². The molecule has 0 saturated heterocycles. The van der Waals surface area contributed by atoms with Gasteiger partial charge in [0.05, 0.1) is 0 Å². The third kappa shape index (κ3) is 6.48. The van der Waals surface area contributed by atoms with Gasteiger partial charge in [-0.25, -0.2) is 0 Å². The van der Waals surface area contributed by atoms with Crippen molar-refractivity contribution in [1.82, 2.24) is 5.32 Å². The lowest BCUT2D eigenvalue weighted by Crippen LogP contribution is -2.24. The number of hydrogen-bond donors (Lipinski definition) is 1. The maximum absolute atomic E-state index is 3.46. The van der Waals surface area contributed by atoms with Gasteiger partial charge in [-0.05, 0) is 42.9 Å². The van der Waals surface area contributed by atoms with Gasteiger partial charge in [0.15, 0.2) is 0 Å². The SMILES string of the molecule is CC(C)CCc1cccc(CCNC(C)C)c1. The van der Waals surface area contributed by atoms with Crippen LogP contribution in [-0.4, -0.2) is 12.6 Å². The Balaban J connectivity index is 2.42. The second kappa shape index (κ2) is 7.50. The Morgan fingerprint density at radius 2 is 1.65 bits per heavy atom. The Bertz CT molecular complexity index is 315. The highest BCUT2D eigenvalue weighted by molar-refractivity contribution is 5.23. The second-order valence-electron chi connectivity index (χ2n) is 5.61. The molecule has 0 fully saturated rings. The van der Waals surface area contributed by atoms with Crippen LogP contribution in [0.4, 0.5) is 0 Å². The van der Waals surface area contributed by atoms with Crippen LogP contribution >= 0.6 is 0 Å². The van der Waals surface area contributed by atoms with Crippen LogP contribution in [0.2, 0.25) is 0 Å². The quantitative estimate of drug-likeness (QED) is 0.755. The van der Waals surface area contributed by atoms with Crippen molar-refractivity contribution in [2.24, 2.45) is 5.92 Å². The third-order valence-corrected chi connectivity index (χ3v) is 2.97. The summed E-state index contributed by atoms with van der Waals surface area (Å²) >= 11 is 0. The minimum atomic E-state index is 0.583. The minimum absolute atomic E-state index is 0.583. The van der Waals surface area contributed by atoms with Crippen molar-refractivity contribution in [3.8, 4) is 0 Å². The van der Waals surface area contributed by atoms with E-state index in [1.54, 1.807) is 0 Å². The lowest BCUT2D eigenvalue weighted by Gasteiger charge is -2.09. The van der Waals surface area contributed by atoms with E-state index in [9.17, 15) is 0 Å². The van der Waals surface area contributed by atoms with Crippen LogP contribution in [0.15, 0.2) is 24.3 Å². The molecule has 1 nitrogen and oxygen atoms in total. The smallest absolute Gasteiger partial charge is 0.00105 e. The van der Waals surface area contributed by atoms with Gasteiger partial charge in [-0.3, -0.25) is 0 Å². The average molecular weight is 233 g/mol. The molecule has 0 heterocycles. The Hall–Kier alpha value is -0.820. The Kier molecular flexibility index (Phi) is 6.28. The molecule has 1 rings (SSSR count). The molecule has 0 amide bonds. The predicted octanol–water partition coefficient (Wildman–Crippen LogP) is 3.82. The van der Waals surface area contributed by atoms with Crippen molar-refractivity contribution in [3.63, 3.8) is 0 Å². The van der Waals surface area contributed by atoms with Crippen LogP contribution in [0.3, 0.4) is 0 Å². The third-order valence-electron chi connectivity index (χ3n) is 2.97. The van der Waals surface area contributed by atoms with Crippen LogP contribution in [0, 0.1) is 5.92 Å². The normalized spacial score (nSPS) is 11.4. The van der Waals surface area contributed by atoms with Crippen molar-refractivity contribution in [2.75, 3.05) is 6.54 Å². The minimum Gasteiger partial charge on any atom is -0.314 e. The maximum atomic E-state index is 3.46. The average Bonchev–Trinajstić information content (AvgIpc) is 2.26. The van der Waals surface area contributed by atoms with E-state index < -0.39 is 0 Å². The summed E-state index contributed by atoms with van der Waals surface area (Å²) in [4.78, 5) is 0. The van der Waals surface area contributed by atoms with Crippen LogP contribution < -0.4 is 5.32 Å². The van der Waals surface area contributed by atoms with Gasteiger partial charge >= 0.3 is 0 Å². The molecular formula is C16H27N. The van der Waals surface area contributed by atoms with Gasteiger partial charge < -0.3 is 5.32 Å². The molecule has 1 heteroatoms. The summed E-state index contributed by atoms with van der Waals surface area (Å²) in [6.07, 6.45) is 3.63. The summed E-state index contributed by atoms with van der Waals surface area (Å²) in [5.74, 6) is 0.793. The summed E-state index contributed by atoms with van der Waals surface area (Å²) in [6, 6.07) is 9.63. The summed E-state index contributed by atoms with van der Waals surface area (Å²) in [7, 11) is 0. The number of aryl methyl sites for hydroxylation is 1. The Morgan fingerprint density at radius 1 is 1.00 bits per heavy atom. The van der Waals surface area contributed by atoms with E-state index in [4.69, 9.17) is 0 Å². The van der Waals surface area contributed by atoms with Gasteiger partial charge in [0.1, 0.15) is 0 Å². The highest BCUT2D eigenvalue weighted by Gasteiger charge is 1.99. The fraction of sp³-hybridized carbons (Fsp3) is 0.625. The molecule has 0 unspecified atom stereocenters. The Morgan fingerprint density at radius 3 is 2.24 bits per heavy atom. The zero-order valence-electron chi connectivity index (χ0n) is 11.8. The van der Waals surface area contributed by atoms with E-state index in [1.165, 1.54) is 24.0 Å². The molecule has 17 heavy (non-hydrogen) atoms. The van der Waals surface area contributed by atoms with Crippen molar-refractivity contribution in [2.45, 2.75) is 53.0 Å². The number of hydrogen-bond acceptors (Lipinski definition) is 1. The number of nitrogens with one attached hydrogen (secondary N) is 1. The molecular weight excluding hydrogens is 206 g/mol. The van der Waals surface area contributed by atoms with Crippen molar-refractivity contribution in [3.05, 3.63) is 35.4 Å². The van der Waals surface area contributed by atoms with Crippen LogP contribution in [0.5, 0.6) is 0 Å². The standard InChI is InChI=1S/C16H27N/c1-13(2)8-9-15-6-5-7-16(12-15)10-11-17-14(3)4/h5-7,12-14,17H,8-11H2,1-4H3. The molecule has 1 N–H and O–H groups in total. The molecule has 1 aromatic carbocycles. The van der Waals surface area contributed by atoms with Crippen LogP contribution in [0.1, 0.15) is 45.2 Å². The van der Waals surface area contributed by atoms with Crippen LogP contribution in [-0.2, 0) is 12.8 Å². The fourth-order valence-electron chi connectivity index (χ4n) is 1.90. The maximum Gasteiger partial charge on any atom is 0.00105 e. The predicted molar refractivity (Wildman–Crippen MR) is 76.4 cm³/mol. The number of rotatable bonds is 7.